The smallest absolute Gasteiger partial charge is 0.335 e. The number of barbiturate groups is 1. The standard InChI is InChI=1S/C27H22N6O6/c1-2-32(18-9-7-15(8-10-18)11-19-24(35)28-27(39)29-25(19)36)14-17-12-16(26(37)38)13-22(23(17)34)33-30-20-5-3-4-6-21(20)31-33/h3-13,34H,2,14H2,1H3,(H,37,38)(H2,28,29,35,36,39). The number of carboxylic acid groups (broad SMARTS) is 1. The van der Waals surface area contributed by atoms with E-state index in [2.05, 4.69) is 10.2 Å². The Hall–Kier alpha value is -5.52. The van der Waals surface area contributed by atoms with Gasteiger partial charge in [-0.25, -0.2) is 9.59 Å². The van der Waals surface area contributed by atoms with Gasteiger partial charge in [0, 0.05) is 24.3 Å². The summed E-state index contributed by atoms with van der Waals surface area (Å²) in [6.07, 6.45) is 1.37. The van der Waals surface area contributed by atoms with Crippen LogP contribution in [0.15, 0.2) is 66.2 Å². The van der Waals surface area contributed by atoms with E-state index in [4.69, 9.17) is 0 Å². The molecule has 1 aliphatic rings. The highest BCUT2D eigenvalue weighted by Gasteiger charge is 2.27. The predicted molar refractivity (Wildman–Crippen MR) is 140 cm³/mol. The Labute approximate surface area is 221 Å². The highest BCUT2D eigenvalue weighted by Crippen LogP contribution is 2.31. The zero-order valence-corrected chi connectivity index (χ0v) is 20.6. The summed E-state index contributed by atoms with van der Waals surface area (Å²) in [5.74, 6) is -2.88. The first-order chi connectivity index (χ1) is 18.7. The maximum Gasteiger partial charge on any atom is 0.335 e. The van der Waals surface area contributed by atoms with Gasteiger partial charge in [-0.1, -0.05) is 24.3 Å². The van der Waals surface area contributed by atoms with Crippen LogP contribution in [0.3, 0.4) is 0 Å². The zero-order chi connectivity index (χ0) is 27.7. The lowest BCUT2D eigenvalue weighted by Crippen LogP contribution is -2.51. The van der Waals surface area contributed by atoms with Crippen molar-refractivity contribution in [2.75, 3.05) is 11.4 Å². The molecule has 2 heterocycles. The van der Waals surface area contributed by atoms with Crippen molar-refractivity contribution >= 4 is 46.6 Å². The second-order valence-corrected chi connectivity index (χ2v) is 8.69. The number of aromatic nitrogens is 3. The number of hydrogen-bond donors (Lipinski definition) is 4. The lowest BCUT2D eigenvalue weighted by atomic mass is 10.1. The van der Waals surface area contributed by atoms with Crippen molar-refractivity contribution < 1.29 is 29.4 Å². The largest absolute Gasteiger partial charge is 0.505 e. The Kier molecular flexibility index (Phi) is 6.51. The van der Waals surface area contributed by atoms with Crippen LogP contribution in [0.25, 0.3) is 22.8 Å². The van der Waals surface area contributed by atoms with Crippen molar-refractivity contribution in [2.24, 2.45) is 0 Å². The number of phenolic OH excluding ortho intramolecular Hbond substituents is 1. The molecule has 0 aliphatic carbocycles. The molecule has 1 fully saturated rings. The molecule has 5 rings (SSSR count). The number of benzene rings is 3. The van der Waals surface area contributed by atoms with Crippen LogP contribution in [0.5, 0.6) is 5.75 Å². The number of carboxylic acids is 1. The molecule has 1 saturated heterocycles. The van der Waals surface area contributed by atoms with Gasteiger partial charge in [0.05, 0.1) is 5.56 Å². The predicted octanol–water partition coefficient (Wildman–Crippen LogP) is 2.60. The third-order valence-corrected chi connectivity index (χ3v) is 6.17. The Morgan fingerprint density at radius 1 is 0.974 bits per heavy atom. The molecule has 12 nitrogen and oxygen atoms in total. The molecule has 4 aromatic rings. The molecule has 0 atom stereocenters. The minimum atomic E-state index is -1.16. The number of aromatic carboxylic acids is 1. The molecule has 4 amide bonds. The molecule has 3 aromatic carbocycles. The van der Waals surface area contributed by atoms with Crippen LogP contribution < -0.4 is 15.5 Å². The van der Waals surface area contributed by atoms with Gasteiger partial charge in [-0.05, 0) is 55.0 Å². The van der Waals surface area contributed by atoms with Crippen molar-refractivity contribution in [3.8, 4) is 11.4 Å². The average molecular weight is 527 g/mol. The number of hydrogen-bond acceptors (Lipinski definition) is 8. The summed E-state index contributed by atoms with van der Waals surface area (Å²) in [6, 6.07) is 15.9. The summed E-state index contributed by atoms with van der Waals surface area (Å²) >= 11 is 0. The molecule has 12 heteroatoms. The molecular formula is C27H22N6O6. The summed E-state index contributed by atoms with van der Waals surface area (Å²) < 4.78 is 0. The fourth-order valence-electron chi connectivity index (χ4n) is 4.19. The third kappa shape index (κ3) is 5.03. The van der Waals surface area contributed by atoms with Gasteiger partial charge in [0.25, 0.3) is 11.8 Å². The molecular weight excluding hydrogens is 504 g/mol. The van der Waals surface area contributed by atoms with Crippen molar-refractivity contribution in [3.05, 3.63) is 82.9 Å². The van der Waals surface area contributed by atoms with Crippen molar-refractivity contribution in [2.45, 2.75) is 13.5 Å². The van der Waals surface area contributed by atoms with Crippen LogP contribution in [0, 0.1) is 0 Å². The van der Waals surface area contributed by atoms with E-state index in [1.54, 1.807) is 48.5 Å². The Morgan fingerprint density at radius 3 is 2.15 bits per heavy atom. The first kappa shape index (κ1) is 25.1. The molecule has 0 unspecified atom stereocenters. The number of phenols is 1. The summed E-state index contributed by atoms with van der Waals surface area (Å²) in [4.78, 5) is 50.2. The number of carbonyl (C=O) groups excluding carboxylic acids is 3. The van der Waals surface area contributed by atoms with Gasteiger partial charge in [0.1, 0.15) is 28.0 Å². The minimum absolute atomic E-state index is 0.0281. The summed E-state index contributed by atoms with van der Waals surface area (Å²) in [5, 5.41) is 33.6. The van der Waals surface area contributed by atoms with Crippen LogP contribution in [-0.4, -0.2) is 55.6 Å². The Morgan fingerprint density at radius 2 is 1.59 bits per heavy atom. The van der Waals surface area contributed by atoms with Gasteiger partial charge in [-0.2, -0.15) is 0 Å². The fraction of sp³-hybridized carbons (Fsp3) is 0.111. The number of nitrogens with zero attached hydrogens (tertiary/aromatic N) is 4. The number of carbonyl (C=O) groups is 4. The maximum atomic E-state index is 12.0. The number of anilines is 1. The number of nitrogens with one attached hydrogen (secondary N) is 2. The second-order valence-electron chi connectivity index (χ2n) is 8.69. The Bertz CT molecular complexity index is 1620. The molecule has 0 saturated carbocycles. The van der Waals surface area contributed by atoms with Crippen LogP contribution in [0.2, 0.25) is 0 Å². The number of fused-ring (bicyclic) bond motifs is 1. The van der Waals surface area contributed by atoms with Gasteiger partial charge in [-0.3, -0.25) is 20.2 Å². The topological polar surface area (TPSA) is 167 Å². The minimum Gasteiger partial charge on any atom is -0.505 e. The van der Waals surface area contributed by atoms with E-state index in [9.17, 15) is 29.4 Å². The lowest BCUT2D eigenvalue weighted by Gasteiger charge is -2.24. The number of aromatic hydroxyl groups is 1. The third-order valence-electron chi connectivity index (χ3n) is 6.17. The van der Waals surface area contributed by atoms with E-state index in [1.807, 2.05) is 22.5 Å². The van der Waals surface area contributed by atoms with Crippen molar-refractivity contribution in [1.82, 2.24) is 25.6 Å². The first-order valence-corrected chi connectivity index (χ1v) is 11.9. The molecule has 0 spiro atoms. The van der Waals surface area contributed by atoms with Crippen LogP contribution >= 0.6 is 0 Å². The van der Waals surface area contributed by atoms with Gasteiger partial charge in [0.15, 0.2) is 0 Å². The van der Waals surface area contributed by atoms with Crippen molar-refractivity contribution in [1.29, 1.82) is 0 Å². The van der Waals surface area contributed by atoms with Crippen molar-refractivity contribution in [3.63, 3.8) is 0 Å². The number of imide groups is 2. The van der Waals surface area contributed by atoms with E-state index in [-0.39, 0.29) is 29.1 Å². The first-order valence-electron chi connectivity index (χ1n) is 11.9. The molecule has 4 N–H and O–H groups in total. The van der Waals surface area contributed by atoms with Crippen LogP contribution in [0.4, 0.5) is 10.5 Å². The molecule has 0 radical (unpaired) electrons. The number of amides is 4. The monoisotopic (exact) mass is 526 g/mol. The molecule has 1 aliphatic heterocycles. The summed E-state index contributed by atoms with van der Waals surface area (Å²) in [7, 11) is 0. The average Bonchev–Trinajstić information content (AvgIpc) is 3.34. The highest BCUT2D eigenvalue weighted by atomic mass is 16.4. The molecule has 1 aromatic heterocycles. The molecule has 196 valence electrons. The van der Waals surface area contributed by atoms with E-state index >= 15 is 0 Å². The number of urea groups is 1. The number of rotatable bonds is 7. The van der Waals surface area contributed by atoms with E-state index in [1.165, 1.54) is 23.0 Å². The Balaban J connectivity index is 1.45. The quantitative estimate of drug-likeness (QED) is 0.209. The van der Waals surface area contributed by atoms with Gasteiger partial charge < -0.3 is 15.1 Å². The highest BCUT2D eigenvalue weighted by molar-refractivity contribution is 6.31. The van der Waals surface area contributed by atoms with E-state index < -0.39 is 23.8 Å². The fourth-order valence-corrected chi connectivity index (χ4v) is 4.19. The van der Waals surface area contributed by atoms with E-state index in [0.717, 1.165) is 5.69 Å². The maximum absolute atomic E-state index is 12.0. The SMILES string of the molecule is CCN(Cc1cc(C(=O)O)cc(-n2nc3ccccc3n2)c1O)c1ccc(C=C2C(=O)NC(=O)NC2=O)cc1. The van der Waals surface area contributed by atoms with E-state index in [0.29, 0.717) is 28.7 Å². The molecule has 0 bridgehead atoms. The summed E-state index contributed by atoms with van der Waals surface area (Å²) in [5.41, 5.74) is 2.77. The van der Waals surface area contributed by atoms with Gasteiger partial charge in [-0.15, -0.1) is 15.0 Å². The van der Waals surface area contributed by atoms with Gasteiger partial charge >= 0.3 is 12.0 Å². The normalized spacial score (nSPS) is 13.3. The van der Waals surface area contributed by atoms with Gasteiger partial charge in [0.2, 0.25) is 0 Å². The lowest BCUT2D eigenvalue weighted by molar-refractivity contribution is -0.123. The molecule has 39 heavy (non-hydrogen) atoms. The summed E-state index contributed by atoms with van der Waals surface area (Å²) in [6.45, 7) is 2.60. The second kappa shape index (κ2) is 10.1. The zero-order valence-electron chi connectivity index (χ0n) is 20.6. The van der Waals surface area contributed by atoms with Crippen LogP contribution in [0.1, 0.15) is 28.4 Å². The van der Waals surface area contributed by atoms with Crippen LogP contribution in [-0.2, 0) is 16.1 Å².